The number of unbranched alkanes of at least 4 members (excludes halogenated alkanes) is 6. The Morgan fingerprint density at radius 3 is 1.83 bits per heavy atom. The standard InChI is InChI=1S/C18H36O5/c1-16(13-14-17(19)20)12-10-8-6-5-7-9-11-15-18(21-2,22-3)23-4/h16H,5-15H2,1-4H3,(H,19,20). The highest BCUT2D eigenvalue weighted by atomic mass is 16.9. The minimum absolute atomic E-state index is 0.299. The molecule has 0 rings (SSSR count). The van der Waals surface area contributed by atoms with E-state index in [9.17, 15) is 4.79 Å². The highest BCUT2D eigenvalue weighted by Gasteiger charge is 2.28. The molecular formula is C18H36O5. The van der Waals surface area contributed by atoms with E-state index in [1.165, 1.54) is 32.1 Å². The largest absolute Gasteiger partial charge is 0.481 e. The monoisotopic (exact) mass is 332 g/mol. The molecule has 5 heteroatoms. The average Bonchev–Trinajstić information content (AvgIpc) is 2.55. The zero-order valence-electron chi connectivity index (χ0n) is 15.4. The maximum Gasteiger partial charge on any atom is 0.303 e. The Morgan fingerprint density at radius 1 is 0.870 bits per heavy atom. The van der Waals surface area contributed by atoms with Crippen molar-refractivity contribution in [2.75, 3.05) is 21.3 Å². The summed E-state index contributed by atoms with van der Waals surface area (Å²) in [7, 11) is 4.80. The van der Waals surface area contributed by atoms with Gasteiger partial charge in [0.1, 0.15) is 0 Å². The fourth-order valence-electron chi connectivity index (χ4n) is 2.79. The van der Waals surface area contributed by atoms with Gasteiger partial charge < -0.3 is 19.3 Å². The molecule has 0 saturated heterocycles. The molecule has 0 radical (unpaired) electrons. The Balaban J connectivity index is 3.44. The third-order valence-electron chi connectivity index (χ3n) is 4.46. The Kier molecular flexibility index (Phi) is 13.4. The van der Waals surface area contributed by atoms with Gasteiger partial charge in [0.15, 0.2) is 0 Å². The SMILES string of the molecule is COC(CCCCCCCCCC(C)CCC(=O)O)(OC)OC. The number of carboxylic acids is 1. The number of ether oxygens (including phenoxy) is 3. The molecule has 0 aromatic carbocycles. The molecule has 0 aliphatic carbocycles. The molecule has 0 bridgehead atoms. The smallest absolute Gasteiger partial charge is 0.303 e. The average molecular weight is 332 g/mol. The van der Waals surface area contributed by atoms with Crippen molar-refractivity contribution in [3.8, 4) is 0 Å². The topological polar surface area (TPSA) is 65.0 Å². The Labute approximate surface area is 141 Å². The molecule has 0 fully saturated rings. The van der Waals surface area contributed by atoms with Crippen molar-refractivity contribution in [3.05, 3.63) is 0 Å². The lowest BCUT2D eigenvalue weighted by Gasteiger charge is -2.28. The zero-order chi connectivity index (χ0) is 17.6. The minimum atomic E-state index is -0.883. The van der Waals surface area contributed by atoms with Crippen LogP contribution in [-0.4, -0.2) is 38.4 Å². The molecule has 0 aliphatic heterocycles. The molecule has 0 aliphatic rings. The third-order valence-corrected chi connectivity index (χ3v) is 4.46. The first-order chi connectivity index (χ1) is 11.0. The van der Waals surface area contributed by atoms with Crippen LogP contribution in [0.5, 0.6) is 0 Å². The van der Waals surface area contributed by atoms with Crippen LogP contribution in [0.15, 0.2) is 0 Å². The second kappa shape index (κ2) is 13.8. The predicted octanol–water partition coefficient (Wildman–Crippen LogP) is 4.59. The molecule has 0 amide bonds. The van der Waals surface area contributed by atoms with Crippen molar-refractivity contribution in [2.45, 2.75) is 83.5 Å². The summed E-state index contributed by atoms with van der Waals surface area (Å²) in [5, 5.41) is 8.65. The van der Waals surface area contributed by atoms with Crippen molar-refractivity contribution in [3.63, 3.8) is 0 Å². The van der Waals surface area contributed by atoms with E-state index in [0.717, 1.165) is 32.1 Å². The van der Waals surface area contributed by atoms with Gasteiger partial charge in [-0.1, -0.05) is 51.9 Å². The predicted molar refractivity (Wildman–Crippen MR) is 91.3 cm³/mol. The van der Waals surface area contributed by atoms with Crippen LogP contribution in [0.4, 0.5) is 0 Å². The van der Waals surface area contributed by atoms with Gasteiger partial charge in [-0.25, -0.2) is 0 Å². The van der Waals surface area contributed by atoms with Crippen molar-refractivity contribution >= 4 is 5.97 Å². The van der Waals surface area contributed by atoms with Gasteiger partial charge >= 0.3 is 5.97 Å². The molecule has 138 valence electrons. The van der Waals surface area contributed by atoms with Gasteiger partial charge in [0.05, 0.1) is 0 Å². The van der Waals surface area contributed by atoms with Gasteiger partial charge in [0.25, 0.3) is 5.97 Å². The number of hydrogen-bond acceptors (Lipinski definition) is 4. The van der Waals surface area contributed by atoms with Crippen molar-refractivity contribution in [1.29, 1.82) is 0 Å². The van der Waals surface area contributed by atoms with E-state index < -0.39 is 11.9 Å². The Hall–Kier alpha value is -0.650. The maximum atomic E-state index is 10.5. The van der Waals surface area contributed by atoms with Crippen molar-refractivity contribution < 1.29 is 24.1 Å². The van der Waals surface area contributed by atoms with Crippen molar-refractivity contribution in [2.24, 2.45) is 5.92 Å². The van der Waals surface area contributed by atoms with E-state index in [0.29, 0.717) is 12.3 Å². The maximum absolute atomic E-state index is 10.5. The van der Waals surface area contributed by atoms with Crippen LogP contribution in [0.1, 0.15) is 77.6 Å². The minimum Gasteiger partial charge on any atom is -0.481 e. The molecule has 0 aromatic rings. The van der Waals surface area contributed by atoms with E-state index >= 15 is 0 Å². The highest BCUT2D eigenvalue weighted by molar-refractivity contribution is 5.66. The summed E-state index contributed by atoms with van der Waals surface area (Å²) in [6.07, 6.45) is 11.4. The second-order valence-corrected chi connectivity index (χ2v) is 6.35. The molecule has 5 nitrogen and oxygen atoms in total. The molecule has 0 saturated carbocycles. The highest BCUT2D eigenvalue weighted by Crippen LogP contribution is 2.21. The Morgan fingerprint density at radius 2 is 1.35 bits per heavy atom. The first kappa shape index (κ1) is 22.4. The number of methoxy groups -OCH3 is 3. The second-order valence-electron chi connectivity index (χ2n) is 6.35. The van der Waals surface area contributed by atoms with E-state index in [-0.39, 0.29) is 0 Å². The molecular weight excluding hydrogens is 296 g/mol. The van der Waals surface area contributed by atoms with Crippen LogP contribution in [0, 0.1) is 5.92 Å². The first-order valence-electron chi connectivity index (χ1n) is 8.87. The van der Waals surface area contributed by atoms with E-state index in [2.05, 4.69) is 6.92 Å². The van der Waals surface area contributed by atoms with E-state index in [1.54, 1.807) is 21.3 Å². The van der Waals surface area contributed by atoms with Crippen LogP contribution < -0.4 is 0 Å². The lowest BCUT2D eigenvalue weighted by atomic mass is 9.97. The van der Waals surface area contributed by atoms with Crippen LogP contribution in [-0.2, 0) is 19.0 Å². The zero-order valence-corrected chi connectivity index (χ0v) is 15.4. The summed E-state index contributed by atoms with van der Waals surface area (Å²) in [6.45, 7) is 2.15. The van der Waals surface area contributed by atoms with Gasteiger partial charge in [-0.2, -0.15) is 0 Å². The fraction of sp³-hybridized carbons (Fsp3) is 0.944. The van der Waals surface area contributed by atoms with Gasteiger partial charge in [-0.05, 0) is 18.8 Å². The first-order valence-corrected chi connectivity index (χ1v) is 8.87. The summed E-state index contributed by atoms with van der Waals surface area (Å²) in [5.74, 6) is -1.04. The molecule has 0 aromatic heterocycles. The lowest BCUT2D eigenvalue weighted by molar-refractivity contribution is -0.355. The molecule has 1 atom stereocenters. The molecule has 23 heavy (non-hydrogen) atoms. The molecule has 1 N–H and O–H groups in total. The molecule has 0 spiro atoms. The van der Waals surface area contributed by atoms with Crippen LogP contribution >= 0.6 is 0 Å². The molecule has 1 unspecified atom stereocenters. The summed E-state index contributed by atoms with van der Waals surface area (Å²) in [6, 6.07) is 0. The summed E-state index contributed by atoms with van der Waals surface area (Å²) < 4.78 is 15.8. The van der Waals surface area contributed by atoms with Crippen LogP contribution in [0.2, 0.25) is 0 Å². The van der Waals surface area contributed by atoms with Crippen LogP contribution in [0.3, 0.4) is 0 Å². The van der Waals surface area contributed by atoms with Crippen LogP contribution in [0.25, 0.3) is 0 Å². The molecule has 0 heterocycles. The van der Waals surface area contributed by atoms with Gasteiger partial charge in [0.2, 0.25) is 0 Å². The quantitative estimate of drug-likeness (QED) is 0.331. The van der Waals surface area contributed by atoms with Gasteiger partial charge in [0, 0.05) is 34.2 Å². The van der Waals surface area contributed by atoms with E-state index in [4.69, 9.17) is 19.3 Å². The number of carbonyl (C=O) groups is 1. The summed E-state index contributed by atoms with van der Waals surface area (Å²) >= 11 is 0. The lowest BCUT2D eigenvalue weighted by Crippen LogP contribution is -2.35. The normalized spacial score (nSPS) is 13.2. The summed E-state index contributed by atoms with van der Waals surface area (Å²) in [4.78, 5) is 10.5. The van der Waals surface area contributed by atoms with E-state index in [1.807, 2.05) is 0 Å². The Bertz CT molecular complexity index is 281. The number of hydrogen-bond donors (Lipinski definition) is 1. The number of rotatable bonds is 16. The van der Waals surface area contributed by atoms with Gasteiger partial charge in [-0.15, -0.1) is 0 Å². The number of aliphatic carboxylic acids is 1. The fourth-order valence-corrected chi connectivity index (χ4v) is 2.79. The number of carboxylic acid groups (broad SMARTS) is 1. The van der Waals surface area contributed by atoms with Gasteiger partial charge in [-0.3, -0.25) is 4.79 Å². The van der Waals surface area contributed by atoms with Crippen molar-refractivity contribution in [1.82, 2.24) is 0 Å². The third kappa shape index (κ3) is 11.5. The summed E-state index contributed by atoms with van der Waals surface area (Å²) in [5.41, 5.74) is 0.